The lowest BCUT2D eigenvalue weighted by Crippen LogP contribution is -2.27. The minimum absolute atomic E-state index is 0.435. The van der Waals surface area contributed by atoms with Crippen LogP contribution < -0.4 is 11.1 Å². The molecule has 0 aliphatic rings. The first kappa shape index (κ1) is 22.3. The van der Waals surface area contributed by atoms with Crippen LogP contribution in [0.1, 0.15) is 26.3 Å². The van der Waals surface area contributed by atoms with Crippen LogP contribution in [0.25, 0.3) is 11.1 Å². The number of aryl methyl sites for hydroxylation is 1. The predicted octanol–water partition coefficient (Wildman–Crippen LogP) is 6.47. The number of hydrogen-bond donors (Lipinski definition) is 2. The van der Waals surface area contributed by atoms with Crippen molar-refractivity contribution in [2.75, 3.05) is 11.1 Å². The number of nitrogen functional groups attached to an aromatic ring is 1. The van der Waals surface area contributed by atoms with Gasteiger partial charge in [-0.2, -0.15) is 0 Å². The molecule has 3 rings (SSSR count). The first-order chi connectivity index (χ1) is 14.0. The van der Waals surface area contributed by atoms with Crippen molar-refractivity contribution in [3.05, 3.63) is 58.4 Å². The molecule has 1 heterocycles. The molecule has 0 spiro atoms. The van der Waals surface area contributed by atoms with Gasteiger partial charge in [0.25, 0.3) is 0 Å². The summed E-state index contributed by atoms with van der Waals surface area (Å²) in [6.07, 6.45) is -0.501. The number of amides is 1. The summed E-state index contributed by atoms with van der Waals surface area (Å²) in [5.41, 5.74) is 8.71. The summed E-state index contributed by atoms with van der Waals surface area (Å²) in [6, 6.07) is 14.7. The molecule has 0 bridgehead atoms. The van der Waals surface area contributed by atoms with Crippen molar-refractivity contribution >= 4 is 50.5 Å². The van der Waals surface area contributed by atoms with Crippen LogP contribution >= 0.6 is 22.9 Å². The quantitative estimate of drug-likeness (QED) is 0.465. The predicted molar refractivity (Wildman–Crippen MR) is 125 cm³/mol. The van der Waals surface area contributed by atoms with Crippen LogP contribution in [-0.2, 0) is 15.5 Å². The van der Waals surface area contributed by atoms with Crippen molar-refractivity contribution in [2.24, 2.45) is 0 Å². The van der Waals surface area contributed by atoms with Crippen LogP contribution in [0.3, 0.4) is 0 Å². The number of benzene rings is 2. The first-order valence-electron chi connectivity index (χ1n) is 9.21. The number of hydrogen-bond acceptors (Lipinski definition) is 5. The Morgan fingerprint density at radius 1 is 1.17 bits per heavy atom. The minimum atomic E-state index is -1.43. The SMILES string of the molecule is Cc1cc(NC(=O)OC(C)(C)C)ccc1-c1cccc(S(=O)c2cc(N)sc2Cl)c1. The lowest BCUT2D eigenvalue weighted by atomic mass is 10.00. The lowest BCUT2D eigenvalue weighted by molar-refractivity contribution is 0.0636. The molecule has 30 heavy (non-hydrogen) atoms. The van der Waals surface area contributed by atoms with Crippen molar-refractivity contribution in [1.29, 1.82) is 0 Å². The standard InChI is InChI=1S/C22H23ClN2O3S2/c1-13-10-15(25-21(26)28-22(2,3)4)8-9-17(13)14-6-5-7-16(11-14)30(27)18-12-19(24)29-20(18)23/h5-12H,24H2,1-4H3,(H,25,26). The van der Waals surface area contributed by atoms with Crippen molar-refractivity contribution in [3.8, 4) is 11.1 Å². The normalized spacial score (nSPS) is 12.4. The molecule has 1 aromatic heterocycles. The summed E-state index contributed by atoms with van der Waals surface area (Å²) in [6.45, 7) is 7.40. The first-order valence-corrected chi connectivity index (χ1v) is 11.6. The smallest absolute Gasteiger partial charge is 0.412 e. The Bertz CT molecular complexity index is 1120. The average Bonchev–Trinajstić information content (AvgIpc) is 2.98. The maximum absolute atomic E-state index is 13.0. The third-order valence-corrected chi connectivity index (χ3v) is 6.94. The Kier molecular flexibility index (Phi) is 6.55. The largest absolute Gasteiger partial charge is 0.444 e. The summed E-state index contributed by atoms with van der Waals surface area (Å²) < 4.78 is 18.7. The van der Waals surface area contributed by atoms with E-state index in [1.165, 1.54) is 11.3 Å². The van der Waals surface area contributed by atoms with E-state index < -0.39 is 22.5 Å². The Balaban J connectivity index is 1.84. The minimum Gasteiger partial charge on any atom is -0.444 e. The van der Waals surface area contributed by atoms with Crippen molar-refractivity contribution < 1.29 is 13.7 Å². The van der Waals surface area contributed by atoms with Crippen LogP contribution in [0.2, 0.25) is 4.34 Å². The second kappa shape index (κ2) is 8.79. The topological polar surface area (TPSA) is 81.4 Å². The molecule has 1 atom stereocenters. The van der Waals surface area contributed by atoms with E-state index >= 15 is 0 Å². The average molecular weight is 463 g/mol. The highest BCUT2D eigenvalue weighted by atomic mass is 35.5. The van der Waals surface area contributed by atoms with E-state index in [0.717, 1.165) is 16.7 Å². The van der Waals surface area contributed by atoms with Crippen molar-refractivity contribution in [1.82, 2.24) is 0 Å². The van der Waals surface area contributed by atoms with Gasteiger partial charge in [-0.1, -0.05) is 29.8 Å². The van der Waals surface area contributed by atoms with Gasteiger partial charge in [-0.3, -0.25) is 5.32 Å². The molecular formula is C22H23ClN2O3S2. The molecule has 0 saturated carbocycles. The lowest BCUT2D eigenvalue weighted by Gasteiger charge is -2.20. The zero-order valence-corrected chi connectivity index (χ0v) is 19.5. The number of nitrogens with two attached hydrogens (primary N) is 1. The van der Waals surface area contributed by atoms with Gasteiger partial charge in [0.15, 0.2) is 0 Å². The number of carbonyl (C=O) groups is 1. The summed E-state index contributed by atoms with van der Waals surface area (Å²) in [7, 11) is -1.43. The number of ether oxygens (including phenoxy) is 1. The molecule has 1 amide bonds. The highest BCUT2D eigenvalue weighted by molar-refractivity contribution is 7.85. The molecule has 0 aliphatic heterocycles. The van der Waals surface area contributed by atoms with E-state index in [2.05, 4.69) is 5.32 Å². The number of rotatable bonds is 4. The molecule has 3 aromatic rings. The van der Waals surface area contributed by atoms with Gasteiger partial charge in [-0.25, -0.2) is 9.00 Å². The maximum Gasteiger partial charge on any atom is 0.412 e. The number of anilines is 2. The summed E-state index contributed by atoms with van der Waals surface area (Å²) in [5, 5.41) is 3.27. The Morgan fingerprint density at radius 3 is 2.50 bits per heavy atom. The van der Waals surface area contributed by atoms with E-state index in [4.69, 9.17) is 22.1 Å². The summed E-state index contributed by atoms with van der Waals surface area (Å²) in [5.74, 6) is 0. The molecule has 158 valence electrons. The van der Waals surface area contributed by atoms with Gasteiger partial charge in [0.05, 0.1) is 20.7 Å². The van der Waals surface area contributed by atoms with Gasteiger partial charge in [-0.05, 0) is 74.7 Å². The Hall–Kier alpha value is -2.35. The summed E-state index contributed by atoms with van der Waals surface area (Å²) >= 11 is 7.38. The van der Waals surface area contributed by atoms with Crippen LogP contribution in [-0.4, -0.2) is 15.9 Å². The fourth-order valence-corrected chi connectivity index (χ4v) is 5.46. The molecule has 8 heteroatoms. The van der Waals surface area contributed by atoms with Gasteiger partial charge < -0.3 is 10.5 Å². The monoisotopic (exact) mass is 462 g/mol. The van der Waals surface area contributed by atoms with E-state index in [0.29, 0.717) is 24.8 Å². The highest BCUT2D eigenvalue weighted by Crippen LogP contribution is 2.35. The van der Waals surface area contributed by atoms with Crippen molar-refractivity contribution in [2.45, 2.75) is 43.1 Å². The van der Waals surface area contributed by atoms with Crippen LogP contribution in [0, 0.1) is 6.92 Å². The van der Waals surface area contributed by atoms with E-state index in [-0.39, 0.29) is 0 Å². The number of thiophene rings is 1. The van der Waals surface area contributed by atoms with E-state index in [1.54, 1.807) is 12.1 Å². The maximum atomic E-state index is 13.0. The van der Waals surface area contributed by atoms with Gasteiger partial charge in [0.2, 0.25) is 0 Å². The Labute approximate surface area is 187 Å². The number of carbonyl (C=O) groups excluding carboxylic acids is 1. The number of nitrogens with one attached hydrogen (secondary N) is 1. The molecule has 5 nitrogen and oxygen atoms in total. The van der Waals surface area contributed by atoms with Gasteiger partial charge in [0.1, 0.15) is 9.94 Å². The zero-order chi connectivity index (χ0) is 22.1. The van der Waals surface area contributed by atoms with Crippen LogP contribution in [0.4, 0.5) is 15.5 Å². The van der Waals surface area contributed by atoms with E-state index in [9.17, 15) is 9.00 Å². The highest BCUT2D eigenvalue weighted by Gasteiger charge is 2.17. The van der Waals surface area contributed by atoms with Gasteiger partial charge in [0, 0.05) is 10.6 Å². The summed E-state index contributed by atoms with van der Waals surface area (Å²) in [4.78, 5) is 13.2. The second-order valence-electron chi connectivity index (χ2n) is 7.74. The molecule has 0 radical (unpaired) electrons. The van der Waals surface area contributed by atoms with Crippen LogP contribution in [0.15, 0.2) is 58.3 Å². The number of halogens is 1. The Morgan fingerprint density at radius 2 is 1.90 bits per heavy atom. The molecule has 3 N–H and O–H groups in total. The third-order valence-electron chi connectivity index (χ3n) is 4.11. The third kappa shape index (κ3) is 5.41. The molecule has 0 fully saturated rings. The molecule has 1 unspecified atom stereocenters. The molecule has 0 saturated heterocycles. The molecular weight excluding hydrogens is 440 g/mol. The van der Waals surface area contributed by atoms with Gasteiger partial charge in [-0.15, -0.1) is 11.3 Å². The van der Waals surface area contributed by atoms with Gasteiger partial charge >= 0.3 is 6.09 Å². The second-order valence-corrected chi connectivity index (χ2v) is 10.9. The fraction of sp³-hybridized carbons (Fsp3) is 0.227. The van der Waals surface area contributed by atoms with Crippen LogP contribution in [0.5, 0.6) is 0 Å². The van der Waals surface area contributed by atoms with Crippen molar-refractivity contribution in [3.63, 3.8) is 0 Å². The zero-order valence-electron chi connectivity index (χ0n) is 17.1. The fourth-order valence-electron chi connectivity index (χ4n) is 2.89. The van der Waals surface area contributed by atoms with E-state index in [1.807, 2.05) is 64.1 Å². The molecule has 2 aromatic carbocycles. The molecule has 0 aliphatic carbocycles.